The van der Waals surface area contributed by atoms with E-state index in [1.165, 1.54) is 12.8 Å². The molecule has 0 spiro atoms. The lowest BCUT2D eigenvalue weighted by Crippen LogP contribution is -2.50. The molecule has 33 heavy (non-hydrogen) atoms. The molecule has 0 heterocycles. The smallest absolute Gasteiger partial charge is 0.220 e. The standard InChI is InChI=1S/C28H51NO4/c1-3-5-7-9-11-13-15-17-19-21-23-27(32)29-25(24-30)28(33)26(31)22-20-18-16-14-12-10-8-6-4-2/h6,8-9,11,14,16,25-26,28,30-31,33H,3-5,7,10,12-13,15,17-24H2,1-2H3,(H,29,32)/b8-6+,11-9-,16-14+. The molecule has 0 fully saturated rings. The molecule has 192 valence electrons. The minimum absolute atomic E-state index is 0.181. The molecule has 4 N–H and O–H groups in total. The molecule has 0 aromatic carbocycles. The summed E-state index contributed by atoms with van der Waals surface area (Å²) in [5.41, 5.74) is 0. The second-order valence-corrected chi connectivity index (χ2v) is 8.84. The lowest BCUT2D eigenvalue weighted by molar-refractivity contribution is -0.124. The highest BCUT2D eigenvalue weighted by Crippen LogP contribution is 2.11. The van der Waals surface area contributed by atoms with Crippen molar-refractivity contribution < 1.29 is 20.1 Å². The van der Waals surface area contributed by atoms with Crippen molar-refractivity contribution in [1.82, 2.24) is 5.32 Å². The fraction of sp³-hybridized carbons (Fsp3) is 0.750. The zero-order valence-electron chi connectivity index (χ0n) is 21.3. The quantitative estimate of drug-likeness (QED) is 0.121. The molecule has 0 rings (SSSR count). The highest BCUT2D eigenvalue weighted by molar-refractivity contribution is 5.76. The van der Waals surface area contributed by atoms with Crippen molar-refractivity contribution in [3.63, 3.8) is 0 Å². The van der Waals surface area contributed by atoms with Crippen LogP contribution >= 0.6 is 0 Å². The van der Waals surface area contributed by atoms with E-state index in [1.807, 2.05) is 0 Å². The van der Waals surface area contributed by atoms with Crippen LogP contribution in [0.2, 0.25) is 0 Å². The number of unbranched alkanes of at least 4 members (excludes halogenated alkanes) is 8. The van der Waals surface area contributed by atoms with Crippen molar-refractivity contribution in [1.29, 1.82) is 0 Å². The molecule has 0 saturated carbocycles. The van der Waals surface area contributed by atoms with Gasteiger partial charge in [-0.3, -0.25) is 4.79 Å². The maximum Gasteiger partial charge on any atom is 0.220 e. The molecule has 3 unspecified atom stereocenters. The van der Waals surface area contributed by atoms with Gasteiger partial charge in [0.2, 0.25) is 5.91 Å². The number of carbonyl (C=O) groups excluding carboxylic acids is 1. The van der Waals surface area contributed by atoms with E-state index in [0.717, 1.165) is 70.6 Å². The van der Waals surface area contributed by atoms with Crippen LogP contribution in [0.1, 0.15) is 110 Å². The van der Waals surface area contributed by atoms with Crippen molar-refractivity contribution in [3.8, 4) is 0 Å². The van der Waals surface area contributed by atoms with Gasteiger partial charge in [-0.1, -0.05) is 76.0 Å². The van der Waals surface area contributed by atoms with Gasteiger partial charge in [-0.25, -0.2) is 0 Å². The fourth-order valence-electron chi connectivity index (χ4n) is 3.57. The summed E-state index contributed by atoms with van der Waals surface area (Å²) in [6, 6.07) is -0.832. The van der Waals surface area contributed by atoms with E-state index in [4.69, 9.17) is 0 Å². The van der Waals surface area contributed by atoms with Crippen LogP contribution in [0.5, 0.6) is 0 Å². The molecule has 0 aromatic heterocycles. The number of nitrogens with one attached hydrogen (secondary N) is 1. The zero-order chi connectivity index (χ0) is 24.6. The molecular weight excluding hydrogens is 414 g/mol. The SMILES string of the molecule is CC/C=C/CC/C=C/CCCC(O)C(O)C(CO)NC(=O)CCCCCC/C=C\CCCC. The van der Waals surface area contributed by atoms with E-state index in [9.17, 15) is 20.1 Å². The number of amides is 1. The summed E-state index contributed by atoms with van der Waals surface area (Å²) in [6.07, 6.45) is 25.3. The molecule has 1 amide bonds. The number of hydrogen-bond donors (Lipinski definition) is 4. The van der Waals surface area contributed by atoms with Crippen molar-refractivity contribution >= 4 is 5.91 Å². The first-order valence-corrected chi connectivity index (χ1v) is 13.3. The monoisotopic (exact) mass is 465 g/mol. The Bertz CT molecular complexity index is 530. The Morgan fingerprint density at radius 2 is 1.33 bits per heavy atom. The number of carbonyl (C=O) groups is 1. The third-order valence-electron chi connectivity index (χ3n) is 5.70. The Morgan fingerprint density at radius 3 is 1.97 bits per heavy atom. The average Bonchev–Trinajstić information content (AvgIpc) is 2.82. The molecular formula is C28H51NO4. The van der Waals surface area contributed by atoms with Crippen molar-refractivity contribution in [3.05, 3.63) is 36.5 Å². The van der Waals surface area contributed by atoms with Gasteiger partial charge in [0.15, 0.2) is 0 Å². The minimum Gasteiger partial charge on any atom is -0.394 e. The van der Waals surface area contributed by atoms with Crippen molar-refractivity contribution in [2.75, 3.05) is 6.61 Å². The molecule has 0 bridgehead atoms. The molecule has 0 aliphatic heterocycles. The minimum atomic E-state index is -1.17. The summed E-state index contributed by atoms with van der Waals surface area (Å²) in [4.78, 5) is 12.2. The zero-order valence-corrected chi connectivity index (χ0v) is 21.3. The lowest BCUT2D eigenvalue weighted by Gasteiger charge is -2.26. The Hall–Kier alpha value is -1.43. The van der Waals surface area contributed by atoms with Gasteiger partial charge in [-0.2, -0.15) is 0 Å². The molecule has 0 aliphatic carbocycles. The summed E-state index contributed by atoms with van der Waals surface area (Å²) < 4.78 is 0. The number of hydrogen-bond acceptors (Lipinski definition) is 4. The highest BCUT2D eigenvalue weighted by Gasteiger charge is 2.26. The predicted octanol–water partition coefficient (Wildman–Crippen LogP) is 5.75. The summed E-state index contributed by atoms with van der Waals surface area (Å²) in [7, 11) is 0. The Kier molecular flexibility index (Phi) is 22.7. The van der Waals surface area contributed by atoms with Gasteiger partial charge in [0, 0.05) is 6.42 Å². The van der Waals surface area contributed by atoms with Crippen LogP contribution in [0, 0.1) is 0 Å². The van der Waals surface area contributed by atoms with Crippen molar-refractivity contribution in [2.24, 2.45) is 0 Å². The maximum atomic E-state index is 12.2. The van der Waals surface area contributed by atoms with Crippen LogP contribution in [0.4, 0.5) is 0 Å². The normalized spacial score (nSPS) is 14.9. The highest BCUT2D eigenvalue weighted by atomic mass is 16.3. The van der Waals surface area contributed by atoms with Crippen LogP contribution in [0.3, 0.4) is 0 Å². The molecule has 0 radical (unpaired) electrons. The topological polar surface area (TPSA) is 89.8 Å². The van der Waals surface area contributed by atoms with Gasteiger partial charge in [0.05, 0.1) is 18.8 Å². The number of aliphatic hydroxyl groups excluding tert-OH is 3. The van der Waals surface area contributed by atoms with Crippen LogP contribution in [-0.2, 0) is 4.79 Å². The third-order valence-corrected chi connectivity index (χ3v) is 5.70. The van der Waals surface area contributed by atoms with Gasteiger partial charge in [-0.05, 0) is 64.2 Å². The molecule has 0 aromatic rings. The average molecular weight is 466 g/mol. The van der Waals surface area contributed by atoms with E-state index >= 15 is 0 Å². The molecule has 5 nitrogen and oxygen atoms in total. The number of aliphatic hydroxyl groups is 3. The summed E-state index contributed by atoms with van der Waals surface area (Å²) in [6.45, 7) is 3.93. The molecule has 0 aliphatic rings. The lowest BCUT2D eigenvalue weighted by atomic mass is 10.0. The third kappa shape index (κ3) is 19.7. The van der Waals surface area contributed by atoms with E-state index in [1.54, 1.807) is 0 Å². The van der Waals surface area contributed by atoms with E-state index in [2.05, 4.69) is 55.6 Å². The first kappa shape index (κ1) is 31.6. The largest absolute Gasteiger partial charge is 0.394 e. The van der Waals surface area contributed by atoms with Gasteiger partial charge >= 0.3 is 0 Å². The second kappa shape index (κ2) is 23.7. The number of allylic oxidation sites excluding steroid dienone is 6. The predicted molar refractivity (Wildman–Crippen MR) is 139 cm³/mol. The molecule has 3 atom stereocenters. The van der Waals surface area contributed by atoms with E-state index < -0.39 is 18.2 Å². The Labute approximate surface area is 203 Å². The van der Waals surface area contributed by atoms with Gasteiger partial charge in [0.1, 0.15) is 6.10 Å². The summed E-state index contributed by atoms with van der Waals surface area (Å²) in [5.74, 6) is -0.181. The van der Waals surface area contributed by atoms with Crippen LogP contribution < -0.4 is 5.32 Å². The van der Waals surface area contributed by atoms with Gasteiger partial charge in [0.25, 0.3) is 0 Å². The molecule has 5 heteroatoms. The fourth-order valence-corrected chi connectivity index (χ4v) is 3.57. The van der Waals surface area contributed by atoms with Gasteiger partial charge < -0.3 is 20.6 Å². The Balaban J connectivity index is 3.94. The first-order chi connectivity index (χ1) is 16.1. The van der Waals surface area contributed by atoms with E-state index in [0.29, 0.717) is 12.8 Å². The van der Waals surface area contributed by atoms with Crippen LogP contribution in [0.15, 0.2) is 36.5 Å². The second-order valence-electron chi connectivity index (χ2n) is 8.84. The summed E-state index contributed by atoms with van der Waals surface area (Å²) in [5, 5.41) is 32.8. The van der Waals surface area contributed by atoms with E-state index in [-0.39, 0.29) is 12.5 Å². The Morgan fingerprint density at radius 1 is 0.758 bits per heavy atom. The summed E-state index contributed by atoms with van der Waals surface area (Å²) >= 11 is 0. The molecule has 0 saturated heterocycles. The van der Waals surface area contributed by atoms with Gasteiger partial charge in [-0.15, -0.1) is 0 Å². The van der Waals surface area contributed by atoms with Crippen LogP contribution in [0.25, 0.3) is 0 Å². The first-order valence-electron chi connectivity index (χ1n) is 13.3. The van der Waals surface area contributed by atoms with Crippen molar-refractivity contribution in [2.45, 2.75) is 128 Å². The number of rotatable bonds is 22. The maximum absolute atomic E-state index is 12.2. The van der Waals surface area contributed by atoms with Crippen LogP contribution in [-0.4, -0.2) is 46.1 Å².